The van der Waals surface area contributed by atoms with Crippen molar-refractivity contribution in [1.82, 2.24) is 4.90 Å². The van der Waals surface area contributed by atoms with E-state index in [1.807, 2.05) is 24.3 Å². The van der Waals surface area contributed by atoms with E-state index in [-0.39, 0.29) is 0 Å². The van der Waals surface area contributed by atoms with Gasteiger partial charge in [0.25, 0.3) is 0 Å². The Kier molecular flexibility index (Phi) is 7.74. The Labute approximate surface area is 171 Å². The lowest BCUT2D eigenvalue weighted by molar-refractivity contribution is -0.898. The highest BCUT2D eigenvalue weighted by molar-refractivity contribution is 7.80. The monoisotopic (exact) mass is 408 g/mol. The van der Waals surface area contributed by atoms with Crippen LogP contribution in [-0.2, 0) is 6.54 Å². The molecule has 0 spiro atoms. The molecule has 26 heavy (non-hydrogen) atoms. The number of hydrogen-bond acceptors (Lipinski definition) is 2. The number of halogens is 1. The van der Waals surface area contributed by atoms with Gasteiger partial charge in [-0.05, 0) is 73.6 Å². The van der Waals surface area contributed by atoms with E-state index in [9.17, 15) is 0 Å². The van der Waals surface area contributed by atoms with Gasteiger partial charge >= 0.3 is 0 Å². The Morgan fingerprint density at radius 3 is 2.50 bits per heavy atom. The first-order valence-corrected chi connectivity index (χ1v) is 11.0. The molecule has 1 aliphatic heterocycles. The van der Waals surface area contributed by atoms with Crippen molar-refractivity contribution in [2.45, 2.75) is 32.2 Å². The minimum absolute atomic E-state index is 0.738. The van der Waals surface area contributed by atoms with Crippen LogP contribution in [0.3, 0.4) is 0 Å². The lowest BCUT2D eigenvalue weighted by Crippen LogP contribution is -3.12. The summed E-state index contributed by atoms with van der Waals surface area (Å²) in [6, 6.07) is 12.0. The summed E-state index contributed by atoms with van der Waals surface area (Å²) < 4.78 is 0. The summed E-state index contributed by atoms with van der Waals surface area (Å²) in [5, 5.41) is 7.03. The highest BCUT2D eigenvalue weighted by Gasteiger charge is 2.17. The number of nitrogens with one attached hydrogen (secondary N) is 2. The van der Waals surface area contributed by atoms with Gasteiger partial charge in [0.1, 0.15) is 0 Å². The topological polar surface area (TPSA) is 19.7 Å². The molecule has 2 N–H and O–H groups in total. The van der Waals surface area contributed by atoms with Crippen molar-refractivity contribution < 1.29 is 4.90 Å². The van der Waals surface area contributed by atoms with Gasteiger partial charge in [-0.2, -0.15) is 0 Å². The lowest BCUT2D eigenvalue weighted by atomic mass is 10.2. The maximum atomic E-state index is 5.98. The third-order valence-corrected chi connectivity index (χ3v) is 6.33. The molecule has 0 radical (unpaired) electrons. The molecule has 1 aromatic heterocycles. The van der Waals surface area contributed by atoms with Gasteiger partial charge in [-0.3, -0.25) is 0 Å². The summed E-state index contributed by atoms with van der Waals surface area (Å²) in [5.74, 6) is 0. The van der Waals surface area contributed by atoms with Crippen molar-refractivity contribution in [2.24, 2.45) is 0 Å². The predicted octanol–water partition coefficient (Wildman–Crippen LogP) is 4.06. The number of benzene rings is 1. The number of rotatable bonds is 6. The SMILES string of the molecule is S=C(Nc1ccc(Cl)cc1)N(CC[NH+]1CCCCCC1)Cc1cccs1. The fourth-order valence-corrected chi connectivity index (χ4v) is 4.47. The lowest BCUT2D eigenvalue weighted by Gasteiger charge is -2.27. The normalized spacial score (nSPS) is 15.4. The van der Waals surface area contributed by atoms with Gasteiger partial charge < -0.3 is 15.1 Å². The van der Waals surface area contributed by atoms with Crippen LogP contribution in [0.1, 0.15) is 30.6 Å². The van der Waals surface area contributed by atoms with Crippen molar-refractivity contribution in [3.05, 3.63) is 51.7 Å². The average Bonchev–Trinajstić information content (AvgIpc) is 3.02. The molecule has 1 fully saturated rings. The molecular formula is C20H27ClN3S2+. The van der Waals surface area contributed by atoms with Crippen LogP contribution in [0.5, 0.6) is 0 Å². The summed E-state index contributed by atoms with van der Waals surface area (Å²) in [7, 11) is 0. The minimum atomic E-state index is 0.738. The van der Waals surface area contributed by atoms with Crippen molar-refractivity contribution in [1.29, 1.82) is 0 Å². The highest BCUT2D eigenvalue weighted by Crippen LogP contribution is 2.16. The Morgan fingerprint density at radius 1 is 1.12 bits per heavy atom. The van der Waals surface area contributed by atoms with Crippen LogP contribution >= 0.6 is 35.2 Å². The van der Waals surface area contributed by atoms with Crippen molar-refractivity contribution in [3.63, 3.8) is 0 Å². The zero-order valence-corrected chi connectivity index (χ0v) is 17.4. The largest absolute Gasteiger partial charge is 0.338 e. The molecule has 3 nitrogen and oxygen atoms in total. The fraction of sp³-hybridized carbons (Fsp3) is 0.450. The van der Waals surface area contributed by atoms with Crippen LogP contribution in [0.2, 0.25) is 5.02 Å². The average molecular weight is 409 g/mol. The van der Waals surface area contributed by atoms with E-state index >= 15 is 0 Å². The molecule has 1 saturated heterocycles. The van der Waals surface area contributed by atoms with Gasteiger partial charge in [-0.25, -0.2) is 0 Å². The Balaban J connectivity index is 1.61. The minimum Gasteiger partial charge on any atom is -0.338 e. The van der Waals surface area contributed by atoms with Gasteiger partial charge in [-0.15, -0.1) is 11.3 Å². The van der Waals surface area contributed by atoms with Crippen LogP contribution in [0.25, 0.3) is 0 Å². The standard InChI is InChI=1S/C20H26ClN3S2/c21-17-7-9-18(10-8-17)22-20(25)24(16-19-6-5-15-26-19)14-13-23-11-3-1-2-4-12-23/h5-10,15H,1-4,11-14,16H2,(H,22,25)/p+1. The van der Waals surface area contributed by atoms with E-state index in [0.29, 0.717) is 0 Å². The second-order valence-electron chi connectivity index (χ2n) is 6.85. The van der Waals surface area contributed by atoms with Gasteiger partial charge in [0.2, 0.25) is 0 Å². The van der Waals surface area contributed by atoms with Crippen molar-refractivity contribution in [2.75, 3.05) is 31.5 Å². The first-order valence-electron chi connectivity index (χ1n) is 9.38. The van der Waals surface area contributed by atoms with Crippen LogP contribution in [0.4, 0.5) is 5.69 Å². The van der Waals surface area contributed by atoms with E-state index in [2.05, 4.69) is 27.7 Å². The van der Waals surface area contributed by atoms with E-state index in [1.54, 1.807) is 16.2 Å². The van der Waals surface area contributed by atoms with Gasteiger partial charge in [0.15, 0.2) is 5.11 Å². The third kappa shape index (κ3) is 6.23. The molecule has 0 saturated carbocycles. The van der Waals surface area contributed by atoms with Crippen LogP contribution in [0, 0.1) is 0 Å². The Bertz CT molecular complexity index is 665. The zero-order chi connectivity index (χ0) is 18.2. The molecule has 140 valence electrons. The summed E-state index contributed by atoms with van der Waals surface area (Å²) in [6.45, 7) is 5.58. The molecule has 2 heterocycles. The predicted molar refractivity (Wildman–Crippen MR) is 116 cm³/mol. The summed E-state index contributed by atoms with van der Waals surface area (Å²) in [5.41, 5.74) is 0.984. The number of thiocarbonyl (C=S) groups is 1. The first-order chi connectivity index (χ1) is 12.7. The summed E-state index contributed by atoms with van der Waals surface area (Å²) in [4.78, 5) is 5.36. The maximum absolute atomic E-state index is 5.98. The van der Waals surface area contributed by atoms with Gasteiger partial charge in [0, 0.05) is 15.6 Å². The molecule has 1 aromatic carbocycles. The number of thiophene rings is 1. The third-order valence-electron chi connectivity index (χ3n) is 4.86. The molecule has 0 unspecified atom stereocenters. The molecule has 0 atom stereocenters. The molecule has 0 aliphatic carbocycles. The van der Waals surface area contributed by atoms with Crippen LogP contribution in [0.15, 0.2) is 41.8 Å². The maximum Gasteiger partial charge on any atom is 0.173 e. The molecule has 0 bridgehead atoms. The second kappa shape index (κ2) is 10.3. The smallest absolute Gasteiger partial charge is 0.173 e. The van der Waals surface area contributed by atoms with E-state index < -0.39 is 0 Å². The van der Waals surface area contributed by atoms with E-state index in [1.165, 1.54) is 43.6 Å². The summed E-state index contributed by atoms with van der Waals surface area (Å²) >= 11 is 13.5. The number of hydrogen-bond donors (Lipinski definition) is 2. The number of quaternary nitrogens is 1. The Morgan fingerprint density at radius 2 is 1.85 bits per heavy atom. The molecule has 3 rings (SSSR count). The van der Waals surface area contributed by atoms with Crippen molar-refractivity contribution in [3.8, 4) is 0 Å². The number of likely N-dealkylation sites (tertiary alicyclic amines) is 1. The second-order valence-corrected chi connectivity index (χ2v) is 8.71. The number of anilines is 1. The molecule has 2 aromatic rings. The molecule has 6 heteroatoms. The van der Waals surface area contributed by atoms with Gasteiger partial charge in [0.05, 0.1) is 32.7 Å². The Hall–Kier alpha value is -1.14. The van der Waals surface area contributed by atoms with E-state index in [4.69, 9.17) is 23.8 Å². The zero-order valence-electron chi connectivity index (χ0n) is 15.0. The van der Waals surface area contributed by atoms with Crippen LogP contribution in [-0.4, -0.2) is 36.2 Å². The van der Waals surface area contributed by atoms with Crippen LogP contribution < -0.4 is 10.2 Å². The van der Waals surface area contributed by atoms with E-state index in [0.717, 1.165) is 35.5 Å². The van der Waals surface area contributed by atoms with Gasteiger partial charge in [-0.1, -0.05) is 17.7 Å². The fourth-order valence-electron chi connectivity index (χ4n) is 3.35. The first kappa shape index (κ1) is 19.6. The van der Waals surface area contributed by atoms with Crippen molar-refractivity contribution >= 4 is 46.0 Å². The quantitative estimate of drug-likeness (QED) is 0.703. The highest BCUT2D eigenvalue weighted by atomic mass is 35.5. The molecule has 1 aliphatic rings. The molecular weight excluding hydrogens is 382 g/mol. The summed E-state index contributed by atoms with van der Waals surface area (Å²) in [6.07, 6.45) is 5.49. The molecule has 0 amide bonds. The number of nitrogens with zero attached hydrogens (tertiary/aromatic N) is 1.